The van der Waals surface area contributed by atoms with Crippen molar-refractivity contribution in [3.63, 3.8) is 0 Å². The zero-order valence-corrected chi connectivity index (χ0v) is 15.2. The molecule has 5 nitrogen and oxygen atoms in total. The van der Waals surface area contributed by atoms with E-state index in [1.165, 1.54) is 0 Å². The lowest BCUT2D eigenvalue weighted by Gasteiger charge is -2.07. The first-order valence-electron chi connectivity index (χ1n) is 6.73. The molecule has 1 N–H and O–H groups in total. The molecule has 0 saturated carbocycles. The molecule has 0 unspecified atom stereocenters. The van der Waals surface area contributed by atoms with E-state index in [0.717, 1.165) is 16.2 Å². The number of hydrogen-bond donors (Lipinski definition) is 1. The number of anilines is 1. The van der Waals surface area contributed by atoms with Gasteiger partial charge in [-0.05, 0) is 64.1 Å². The van der Waals surface area contributed by atoms with Gasteiger partial charge in [0.15, 0.2) is 5.58 Å². The van der Waals surface area contributed by atoms with Crippen molar-refractivity contribution in [3.8, 4) is 16.9 Å². The quantitative estimate of drug-likeness (QED) is 0.594. The van der Waals surface area contributed by atoms with Crippen molar-refractivity contribution in [1.82, 2.24) is 4.98 Å². The number of nitrogens with zero attached hydrogens (tertiary/aromatic N) is 2. The fourth-order valence-corrected chi connectivity index (χ4v) is 2.84. The lowest BCUT2D eigenvalue weighted by Crippen LogP contribution is -2.14. The third-order valence-electron chi connectivity index (χ3n) is 3.10. The van der Waals surface area contributed by atoms with Gasteiger partial charge in [0.2, 0.25) is 11.8 Å². The molecule has 0 bridgehead atoms. The van der Waals surface area contributed by atoms with E-state index in [1.54, 1.807) is 30.3 Å². The Hall–Kier alpha value is -2.01. The summed E-state index contributed by atoms with van der Waals surface area (Å²) in [5.74, 6) is 0.236. The number of rotatable bonds is 4. The Morgan fingerprint density at radius 3 is 3.00 bits per heavy atom. The number of amides is 1. The number of hydrogen-bond acceptors (Lipinski definition) is 5. The van der Waals surface area contributed by atoms with Crippen LogP contribution in [0.3, 0.4) is 0 Å². The Kier molecular flexibility index (Phi) is 5.09. The molecular formula is C16H9BrClN3O2S. The van der Waals surface area contributed by atoms with Gasteiger partial charge in [0.1, 0.15) is 10.9 Å². The maximum atomic E-state index is 11.8. The lowest BCUT2D eigenvalue weighted by molar-refractivity contribution is -0.113. The first-order valence-corrected chi connectivity index (χ1v) is 8.89. The normalized spacial score (nSPS) is 10.5. The Morgan fingerprint density at radius 2 is 2.21 bits per heavy atom. The van der Waals surface area contributed by atoms with Crippen molar-refractivity contribution >= 4 is 62.0 Å². The minimum atomic E-state index is -0.260. The third-order valence-corrected chi connectivity index (χ3v) is 4.57. The summed E-state index contributed by atoms with van der Waals surface area (Å²) in [4.78, 5) is 16.2. The molecule has 0 saturated heterocycles. The zero-order valence-electron chi connectivity index (χ0n) is 12.0. The van der Waals surface area contributed by atoms with Gasteiger partial charge in [0, 0.05) is 15.1 Å². The maximum Gasteiger partial charge on any atom is 0.235 e. The van der Waals surface area contributed by atoms with Gasteiger partial charge in [-0.1, -0.05) is 11.6 Å². The number of carbonyl (C=O) groups is 1. The molecule has 120 valence electrons. The molecule has 0 fully saturated rings. The van der Waals surface area contributed by atoms with Crippen LogP contribution in [0.15, 0.2) is 45.3 Å². The van der Waals surface area contributed by atoms with Crippen molar-refractivity contribution in [1.29, 1.82) is 5.26 Å². The average Bonchev–Trinajstić information content (AvgIpc) is 2.98. The van der Waals surface area contributed by atoms with Crippen LogP contribution in [0.5, 0.6) is 0 Å². The van der Waals surface area contributed by atoms with Crippen LogP contribution in [0.25, 0.3) is 22.6 Å². The molecule has 1 amide bonds. The smallest absolute Gasteiger partial charge is 0.235 e. The number of thiocyanates is 1. The summed E-state index contributed by atoms with van der Waals surface area (Å²) < 4.78 is 6.45. The second-order valence-corrected chi connectivity index (χ2v) is 6.80. The van der Waals surface area contributed by atoms with E-state index in [9.17, 15) is 4.79 Å². The molecule has 8 heteroatoms. The Bertz CT molecular complexity index is 968. The van der Waals surface area contributed by atoms with Crippen molar-refractivity contribution < 1.29 is 9.21 Å². The fraction of sp³-hybridized carbons (Fsp3) is 0.0625. The number of aromatic nitrogens is 1. The van der Waals surface area contributed by atoms with Gasteiger partial charge in [-0.3, -0.25) is 4.79 Å². The second kappa shape index (κ2) is 7.26. The number of thioether (sulfide) groups is 1. The molecule has 1 aromatic heterocycles. The number of fused-ring (bicyclic) bond motifs is 1. The first kappa shape index (κ1) is 16.8. The molecule has 0 radical (unpaired) electrons. The highest BCUT2D eigenvalue weighted by Crippen LogP contribution is 2.31. The number of nitriles is 1. The Labute approximate surface area is 155 Å². The number of benzene rings is 2. The highest BCUT2D eigenvalue weighted by Gasteiger charge is 2.12. The lowest BCUT2D eigenvalue weighted by atomic mass is 10.2. The number of nitrogens with one attached hydrogen (secondary N) is 1. The molecule has 0 aliphatic carbocycles. The predicted octanol–water partition coefficient (Wildman–Crippen LogP) is 5.06. The SMILES string of the molecule is N#CSCC(=O)Nc1cc(-c2nc3cc(Cl)ccc3o2)ccc1Br. The van der Waals surface area contributed by atoms with E-state index in [0.29, 0.717) is 33.3 Å². The summed E-state index contributed by atoms with van der Waals surface area (Å²) in [6.07, 6.45) is 0. The molecule has 3 rings (SSSR count). The van der Waals surface area contributed by atoms with Crippen LogP contribution in [0.2, 0.25) is 5.02 Å². The molecule has 3 aromatic rings. The van der Waals surface area contributed by atoms with Crippen molar-refractivity contribution in [3.05, 3.63) is 45.9 Å². The number of halogens is 2. The van der Waals surface area contributed by atoms with Crippen LogP contribution in [0.1, 0.15) is 0 Å². The third kappa shape index (κ3) is 3.73. The van der Waals surface area contributed by atoms with Crippen LogP contribution < -0.4 is 5.32 Å². The van der Waals surface area contributed by atoms with Gasteiger partial charge >= 0.3 is 0 Å². The molecule has 0 spiro atoms. The molecule has 0 atom stereocenters. The summed E-state index contributed by atoms with van der Waals surface area (Å²) in [7, 11) is 0. The molecule has 0 aliphatic heterocycles. The van der Waals surface area contributed by atoms with E-state index in [4.69, 9.17) is 21.3 Å². The fourth-order valence-electron chi connectivity index (χ4n) is 2.06. The predicted molar refractivity (Wildman–Crippen MR) is 98.9 cm³/mol. The second-order valence-electron chi connectivity index (χ2n) is 4.75. The summed E-state index contributed by atoms with van der Waals surface area (Å²) in [5, 5.41) is 13.7. The summed E-state index contributed by atoms with van der Waals surface area (Å²) in [5.41, 5.74) is 2.59. The zero-order chi connectivity index (χ0) is 17.1. The standard InChI is InChI=1S/C16H9BrClN3O2S/c17-11-3-1-9(5-12(11)20-15(22)7-24-8-19)16-21-13-6-10(18)2-4-14(13)23-16/h1-6H,7H2,(H,20,22). The van der Waals surface area contributed by atoms with Crippen molar-refractivity contribution in [2.24, 2.45) is 0 Å². The van der Waals surface area contributed by atoms with E-state index >= 15 is 0 Å². The van der Waals surface area contributed by atoms with Crippen LogP contribution in [0.4, 0.5) is 5.69 Å². The van der Waals surface area contributed by atoms with E-state index in [1.807, 2.05) is 11.5 Å². The largest absolute Gasteiger partial charge is 0.436 e. The van der Waals surface area contributed by atoms with Gasteiger partial charge in [-0.25, -0.2) is 4.98 Å². The minimum Gasteiger partial charge on any atom is -0.436 e. The number of carbonyl (C=O) groups excluding carboxylic acids is 1. The highest BCUT2D eigenvalue weighted by atomic mass is 79.9. The highest BCUT2D eigenvalue weighted by molar-refractivity contribution is 9.10. The summed E-state index contributed by atoms with van der Waals surface area (Å²) in [6.45, 7) is 0. The van der Waals surface area contributed by atoms with Gasteiger partial charge in [0.25, 0.3) is 0 Å². The Balaban J connectivity index is 1.92. The summed E-state index contributed by atoms with van der Waals surface area (Å²) >= 11 is 10.2. The van der Waals surface area contributed by atoms with E-state index in [2.05, 4.69) is 26.2 Å². The average molecular weight is 423 g/mol. The van der Waals surface area contributed by atoms with Gasteiger partial charge in [-0.15, -0.1) is 0 Å². The summed E-state index contributed by atoms with van der Waals surface area (Å²) in [6, 6.07) is 10.6. The molecule has 0 aliphatic rings. The molecule has 1 heterocycles. The molecule has 24 heavy (non-hydrogen) atoms. The van der Waals surface area contributed by atoms with Gasteiger partial charge in [-0.2, -0.15) is 5.26 Å². The Morgan fingerprint density at radius 1 is 1.38 bits per heavy atom. The van der Waals surface area contributed by atoms with Crippen LogP contribution in [-0.2, 0) is 4.79 Å². The molecular weight excluding hydrogens is 414 g/mol. The van der Waals surface area contributed by atoms with Crippen LogP contribution in [0, 0.1) is 10.7 Å². The monoisotopic (exact) mass is 421 g/mol. The van der Waals surface area contributed by atoms with E-state index in [-0.39, 0.29) is 11.7 Å². The van der Waals surface area contributed by atoms with Gasteiger partial charge in [0.05, 0.1) is 11.4 Å². The van der Waals surface area contributed by atoms with Crippen LogP contribution in [-0.4, -0.2) is 16.6 Å². The topological polar surface area (TPSA) is 78.9 Å². The van der Waals surface area contributed by atoms with Crippen LogP contribution >= 0.6 is 39.3 Å². The van der Waals surface area contributed by atoms with Crippen molar-refractivity contribution in [2.75, 3.05) is 11.1 Å². The molecule has 2 aromatic carbocycles. The minimum absolute atomic E-state index is 0.0640. The maximum absolute atomic E-state index is 11.8. The van der Waals surface area contributed by atoms with Gasteiger partial charge < -0.3 is 9.73 Å². The first-order chi connectivity index (χ1) is 11.6. The van der Waals surface area contributed by atoms with Crippen molar-refractivity contribution in [2.45, 2.75) is 0 Å². The number of oxazole rings is 1. The van der Waals surface area contributed by atoms with E-state index < -0.39 is 0 Å².